The van der Waals surface area contributed by atoms with Crippen molar-refractivity contribution in [3.8, 4) is 0 Å². The van der Waals surface area contributed by atoms with E-state index >= 15 is 0 Å². The largest absolute Gasteiger partial charge is 0.330 e. The van der Waals surface area contributed by atoms with Crippen LogP contribution in [0.3, 0.4) is 0 Å². The van der Waals surface area contributed by atoms with Gasteiger partial charge in [-0.15, -0.1) is 0 Å². The molecule has 0 aliphatic rings. The van der Waals surface area contributed by atoms with E-state index in [9.17, 15) is 0 Å². The van der Waals surface area contributed by atoms with Gasteiger partial charge in [-0.3, -0.25) is 0 Å². The van der Waals surface area contributed by atoms with Crippen molar-refractivity contribution in [2.24, 2.45) is 5.73 Å². The first-order valence-electron chi connectivity index (χ1n) is 3.24. The Morgan fingerprint density at radius 2 is 2.25 bits per heavy atom. The molecule has 0 unspecified atom stereocenters. The molecule has 0 radical (unpaired) electrons. The van der Waals surface area contributed by atoms with Crippen LogP contribution in [-0.2, 0) is 0 Å². The standard InChI is InChI=1S/C6H16N2/c1-3-8-6(2)4-5-7/h6,8H,3-5,7H2,1-2H3/t6-/m0/s1. The molecule has 2 heteroatoms. The van der Waals surface area contributed by atoms with Gasteiger partial charge in [0.2, 0.25) is 0 Å². The zero-order valence-electron chi connectivity index (χ0n) is 5.78. The van der Waals surface area contributed by atoms with Gasteiger partial charge < -0.3 is 11.1 Å². The fraction of sp³-hybridized carbons (Fsp3) is 1.00. The van der Waals surface area contributed by atoms with Gasteiger partial charge in [-0.25, -0.2) is 0 Å². The Morgan fingerprint density at radius 3 is 2.62 bits per heavy atom. The molecule has 3 N–H and O–H groups in total. The van der Waals surface area contributed by atoms with E-state index in [-0.39, 0.29) is 0 Å². The molecule has 0 heterocycles. The van der Waals surface area contributed by atoms with Crippen LogP contribution in [0.15, 0.2) is 0 Å². The number of rotatable bonds is 4. The van der Waals surface area contributed by atoms with Gasteiger partial charge in [0.25, 0.3) is 0 Å². The molecule has 0 fully saturated rings. The first-order valence-corrected chi connectivity index (χ1v) is 3.24. The SMILES string of the molecule is CCN[C@@H](C)CCN. The quantitative estimate of drug-likeness (QED) is 0.555. The summed E-state index contributed by atoms with van der Waals surface area (Å²) in [6, 6.07) is 0.588. The second-order valence-electron chi connectivity index (χ2n) is 2.04. The molecule has 0 aliphatic heterocycles. The Balaban J connectivity index is 2.92. The minimum Gasteiger partial charge on any atom is -0.330 e. The van der Waals surface area contributed by atoms with Crippen molar-refractivity contribution < 1.29 is 0 Å². The van der Waals surface area contributed by atoms with Crippen LogP contribution in [0.2, 0.25) is 0 Å². The highest BCUT2D eigenvalue weighted by molar-refractivity contribution is 4.57. The van der Waals surface area contributed by atoms with Crippen molar-refractivity contribution in [2.75, 3.05) is 13.1 Å². The molecule has 0 aromatic heterocycles. The highest BCUT2D eigenvalue weighted by Gasteiger charge is 1.94. The number of hydrogen-bond donors (Lipinski definition) is 2. The molecule has 0 spiro atoms. The second kappa shape index (κ2) is 5.06. The van der Waals surface area contributed by atoms with Gasteiger partial charge in [-0.2, -0.15) is 0 Å². The van der Waals surface area contributed by atoms with Crippen molar-refractivity contribution in [3.05, 3.63) is 0 Å². The highest BCUT2D eigenvalue weighted by Crippen LogP contribution is 1.84. The summed E-state index contributed by atoms with van der Waals surface area (Å²) in [5.41, 5.74) is 5.32. The van der Waals surface area contributed by atoms with Crippen LogP contribution in [0.5, 0.6) is 0 Å². The number of hydrogen-bond acceptors (Lipinski definition) is 2. The lowest BCUT2D eigenvalue weighted by atomic mass is 10.2. The Labute approximate surface area is 51.5 Å². The Bertz CT molecular complexity index is 39.8. The average Bonchev–Trinajstić information content (AvgIpc) is 1.68. The lowest BCUT2D eigenvalue weighted by Crippen LogP contribution is -2.27. The molecule has 2 nitrogen and oxygen atoms in total. The van der Waals surface area contributed by atoms with Crippen molar-refractivity contribution in [2.45, 2.75) is 26.3 Å². The number of nitrogens with one attached hydrogen (secondary N) is 1. The second-order valence-corrected chi connectivity index (χ2v) is 2.04. The molecular weight excluding hydrogens is 100 g/mol. The van der Waals surface area contributed by atoms with Gasteiger partial charge in [0.05, 0.1) is 0 Å². The molecule has 0 saturated heterocycles. The van der Waals surface area contributed by atoms with E-state index in [0.717, 1.165) is 19.5 Å². The van der Waals surface area contributed by atoms with Crippen LogP contribution in [0.25, 0.3) is 0 Å². The van der Waals surface area contributed by atoms with E-state index in [1.165, 1.54) is 0 Å². The molecule has 8 heavy (non-hydrogen) atoms. The summed E-state index contributed by atoms with van der Waals surface area (Å²) in [6.45, 7) is 6.08. The van der Waals surface area contributed by atoms with Gasteiger partial charge in [-0.1, -0.05) is 6.92 Å². The predicted molar refractivity (Wildman–Crippen MR) is 36.8 cm³/mol. The summed E-state index contributed by atoms with van der Waals surface area (Å²) in [5, 5.41) is 3.27. The normalized spacial score (nSPS) is 13.9. The fourth-order valence-electron chi connectivity index (χ4n) is 0.701. The van der Waals surface area contributed by atoms with Crippen molar-refractivity contribution in [1.29, 1.82) is 0 Å². The maximum absolute atomic E-state index is 5.32. The van der Waals surface area contributed by atoms with Crippen molar-refractivity contribution >= 4 is 0 Å². The van der Waals surface area contributed by atoms with E-state index in [2.05, 4.69) is 19.2 Å². The third kappa shape index (κ3) is 4.09. The van der Waals surface area contributed by atoms with Gasteiger partial charge in [0.15, 0.2) is 0 Å². The molecule has 1 atom stereocenters. The molecule has 0 rings (SSSR count). The zero-order valence-corrected chi connectivity index (χ0v) is 5.78. The molecule has 50 valence electrons. The summed E-state index contributed by atoms with van der Waals surface area (Å²) in [5.74, 6) is 0. The third-order valence-electron chi connectivity index (χ3n) is 1.15. The maximum atomic E-state index is 5.32. The molecular formula is C6H16N2. The van der Waals surface area contributed by atoms with Crippen LogP contribution >= 0.6 is 0 Å². The van der Waals surface area contributed by atoms with Crippen LogP contribution in [-0.4, -0.2) is 19.1 Å². The maximum Gasteiger partial charge on any atom is 0.00506 e. The summed E-state index contributed by atoms with van der Waals surface area (Å²) < 4.78 is 0. The van der Waals surface area contributed by atoms with E-state index < -0.39 is 0 Å². The minimum absolute atomic E-state index is 0.588. The van der Waals surface area contributed by atoms with E-state index in [4.69, 9.17) is 5.73 Å². The lowest BCUT2D eigenvalue weighted by molar-refractivity contribution is 0.537. The summed E-state index contributed by atoms with van der Waals surface area (Å²) >= 11 is 0. The summed E-state index contributed by atoms with van der Waals surface area (Å²) in [7, 11) is 0. The Hall–Kier alpha value is -0.0800. The molecule has 0 aromatic rings. The van der Waals surface area contributed by atoms with Gasteiger partial charge in [-0.05, 0) is 26.4 Å². The Morgan fingerprint density at radius 1 is 1.62 bits per heavy atom. The topological polar surface area (TPSA) is 38.0 Å². The average molecular weight is 116 g/mol. The minimum atomic E-state index is 0.588. The zero-order chi connectivity index (χ0) is 6.41. The third-order valence-corrected chi connectivity index (χ3v) is 1.15. The number of nitrogens with two attached hydrogens (primary N) is 1. The van der Waals surface area contributed by atoms with E-state index in [1.54, 1.807) is 0 Å². The summed E-state index contributed by atoms with van der Waals surface area (Å²) in [4.78, 5) is 0. The van der Waals surface area contributed by atoms with Crippen molar-refractivity contribution in [3.63, 3.8) is 0 Å². The van der Waals surface area contributed by atoms with E-state index in [1.807, 2.05) is 0 Å². The monoisotopic (exact) mass is 116 g/mol. The summed E-state index contributed by atoms with van der Waals surface area (Å²) in [6.07, 6.45) is 1.08. The first-order chi connectivity index (χ1) is 3.81. The molecule has 0 amide bonds. The first kappa shape index (κ1) is 7.92. The van der Waals surface area contributed by atoms with Gasteiger partial charge in [0, 0.05) is 6.04 Å². The fourth-order valence-corrected chi connectivity index (χ4v) is 0.701. The smallest absolute Gasteiger partial charge is 0.00506 e. The highest BCUT2D eigenvalue weighted by atomic mass is 14.9. The molecule has 0 aromatic carbocycles. The van der Waals surface area contributed by atoms with Gasteiger partial charge in [0.1, 0.15) is 0 Å². The van der Waals surface area contributed by atoms with Crippen LogP contribution in [0.1, 0.15) is 20.3 Å². The van der Waals surface area contributed by atoms with Crippen LogP contribution < -0.4 is 11.1 Å². The Kier molecular flexibility index (Phi) is 5.01. The molecule has 0 aliphatic carbocycles. The predicted octanol–water partition coefficient (Wildman–Crippen LogP) is 0.333. The van der Waals surface area contributed by atoms with Gasteiger partial charge >= 0.3 is 0 Å². The lowest BCUT2D eigenvalue weighted by Gasteiger charge is -2.08. The van der Waals surface area contributed by atoms with Crippen LogP contribution in [0, 0.1) is 0 Å². The van der Waals surface area contributed by atoms with Crippen LogP contribution in [0.4, 0.5) is 0 Å². The molecule has 0 saturated carbocycles. The van der Waals surface area contributed by atoms with Crippen molar-refractivity contribution in [1.82, 2.24) is 5.32 Å². The molecule has 0 bridgehead atoms. The van der Waals surface area contributed by atoms with E-state index in [0.29, 0.717) is 6.04 Å².